The summed E-state index contributed by atoms with van der Waals surface area (Å²) in [5, 5.41) is 8.70. The minimum absolute atomic E-state index is 0.0782. The average molecular weight is 639 g/mol. The Hall–Kier alpha value is -3.91. The van der Waals surface area contributed by atoms with Crippen molar-refractivity contribution in [2.75, 3.05) is 86.3 Å². The molecule has 2 fully saturated rings. The van der Waals surface area contributed by atoms with Gasteiger partial charge in [-0.05, 0) is 62.8 Å². The van der Waals surface area contributed by atoms with Crippen LogP contribution in [0.2, 0.25) is 0 Å². The van der Waals surface area contributed by atoms with Gasteiger partial charge in [-0.25, -0.2) is 4.79 Å². The van der Waals surface area contributed by atoms with E-state index in [1.54, 1.807) is 25.3 Å². The minimum Gasteiger partial charge on any atom is -0.491 e. The molecule has 4 bridgehead atoms. The topological polar surface area (TPSA) is 134 Å². The summed E-state index contributed by atoms with van der Waals surface area (Å²) >= 11 is 0. The first-order valence-electron chi connectivity index (χ1n) is 16.0. The Bertz CT molecular complexity index is 1340. The molecule has 13 heteroatoms. The lowest BCUT2D eigenvalue weighted by atomic mass is 10.0. The molecule has 3 N–H and O–H groups in total. The minimum atomic E-state index is -0.412. The number of hydrogen-bond donors (Lipinski definition) is 3. The van der Waals surface area contributed by atoms with E-state index in [-0.39, 0.29) is 43.6 Å². The summed E-state index contributed by atoms with van der Waals surface area (Å²) in [5.74, 6) is 1.23. The lowest BCUT2D eigenvalue weighted by Gasteiger charge is -2.39. The maximum Gasteiger partial charge on any atom is 0.315 e. The van der Waals surface area contributed by atoms with E-state index in [0.717, 1.165) is 38.2 Å². The van der Waals surface area contributed by atoms with Gasteiger partial charge in [-0.15, -0.1) is 0 Å². The number of carbonyl (C=O) groups excluding carboxylic acids is 3. The first kappa shape index (κ1) is 33.5. The van der Waals surface area contributed by atoms with Gasteiger partial charge in [0, 0.05) is 58.0 Å². The number of amides is 4. The monoisotopic (exact) mass is 638 g/mol. The molecule has 0 aliphatic carbocycles. The molecule has 2 saturated heterocycles. The highest BCUT2D eigenvalue weighted by Crippen LogP contribution is 2.29. The van der Waals surface area contributed by atoms with Crippen molar-refractivity contribution in [2.24, 2.45) is 0 Å². The van der Waals surface area contributed by atoms with Crippen molar-refractivity contribution < 1.29 is 33.3 Å². The van der Waals surface area contributed by atoms with Crippen molar-refractivity contribution >= 4 is 17.8 Å². The van der Waals surface area contributed by atoms with Gasteiger partial charge in [0.2, 0.25) is 5.91 Å². The fourth-order valence-corrected chi connectivity index (χ4v) is 5.83. The van der Waals surface area contributed by atoms with Crippen LogP contribution in [0.3, 0.4) is 0 Å². The van der Waals surface area contributed by atoms with Crippen LogP contribution in [0.5, 0.6) is 17.2 Å². The second kappa shape index (κ2) is 16.6. The second-order valence-corrected chi connectivity index (χ2v) is 12.0. The van der Waals surface area contributed by atoms with Gasteiger partial charge < -0.3 is 44.7 Å². The van der Waals surface area contributed by atoms with Gasteiger partial charge in [0.05, 0.1) is 31.9 Å². The first-order chi connectivity index (χ1) is 22.4. The maximum atomic E-state index is 13.4. The molecular formula is C33H46N6O7. The lowest BCUT2D eigenvalue weighted by Crippen LogP contribution is -2.58. The highest BCUT2D eigenvalue weighted by atomic mass is 16.5. The number of fused-ring (bicyclic) bond motifs is 5. The first-order valence-corrected chi connectivity index (χ1v) is 16.0. The van der Waals surface area contributed by atoms with E-state index in [4.69, 9.17) is 18.9 Å². The molecule has 0 aromatic heterocycles. The molecule has 2 aromatic carbocycles. The number of ether oxygens (including phenoxy) is 4. The fraction of sp³-hybridized carbons (Fsp3) is 0.545. The number of methoxy groups -OCH3 is 1. The van der Waals surface area contributed by atoms with Gasteiger partial charge in [0.15, 0.2) is 0 Å². The molecule has 46 heavy (non-hydrogen) atoms. The molecular weight excluding hydrogens is 592 g/mol. The van der Waals surface area contributed by atoms with E-state index in [1.807, 2.05) is 29.2 Å². The number of carbonyl (C=O) groups is 3. The number of likely N-dealkylation sites (N-methyl/N-ethyl adjacent to an activating group) is 1. The molecule has 2 atom stereocenters. The predicted octanol–water partition coefficient (Wildman–Crippen LogP) is 1.67. The van der Waals surface area contributed by atoms with E-state index < -0.39 is 6.10 Å². The van der Waals surface area contributed by atoms with E-state index in [2.05, 4.69) is 32.8 Å². The number of rotatable bonds is 6. The summed E-state index contributed by atoms with van der Waals surface area (Å²) in [5.41, 5.74) is 1.23. The van der Waals surface area contributed by atoms with Crippen molar-refractivity contribution in [3.8, 4) is 17.2 Å². The molecule has 13 nitrogen and oxygen atoms in total. The summed E-state index contributed by atoms with van der Waals surface area (Å²) in [6, 6.07) is 11.9. The quantitative estimate of drug-likeness (QED) is 0.404. The van der Waals surface area contributed by atoms with Crippen LogP contribution in [0.25, 0.3) is 0 Å². The van der Waals surface area contributed by atoms with Crippen LogP contribution in [0.1, 0.15) is 28.8 Å². The van der Waals surface area contributed by atoms with Crippen LogP contribution in [0, 0.1) is 0 Å². The molecule has 0 spiro atoms. The Morgan fingerprint density at radius 3 is 2.72 bits per heavy atom. The van der Waals surface area contributed by atoms with Gasteiger partial charge in [-0.3, -0.25) is 14.5 Å². The third-order valence-electron chi connectivity index (χ3n) is 8.39. The Labute approximate surface area is 270 Å². The molecule has 4 amide bonds. The smallest absolute Gasteiger partial charge is 0.315 e. The Morgan fingerprint density at radius 1 is 0.978 bits per heavy atom. The van der Waals surface area contributed by atoms with E-state index in [1.165, 1.54) is 0 Å². The van der Waals surface area contributed by atoms with E-state index >= 15 is 0 Å². The molecule has 3 heterocycles. The Kier molecular flexibility index (Phi) is 12.1. The largest absolute Gasteiger partial charge is 0.491 e. The van der Waals surface area contributed by atoms with Crippen LogP contribution in [0.4, 0.5) is 4.79 Å². The number of nitrogens with zero attached hydrogens (tertiary/aromatic N) is 3. The summed E-state index contributed by atoms with van der Waals surface area (Å²) in [6.07, 6.45) is 1.19. The van der Waals surface area contributed by atoms with Crippen molar-refractivity contribution in [3.05, 3.63) is 53.6 Å². The molecule has 2 aromatic rings. The molecule has 3 aliphatic rings. The summed E-state index contributed by atoms with van der Waals surface area (Å²) in [4.78, 5) is 45.6. The number of likely N-dealkylation sites (tertiary alicyclic amines) is 1. The predicted molar refractivity (Wildman–Crippen MR) is 171 cm³/mol. The van der Waals surface area contributed by atoms with Crippen LogP contribution >= 0.6 is 0 Å². The second-order valence-electron chi connectivity index (χ2n) is 12.0. The number of hydrogen-bond acceptors (Lipinski definition) is 9. The molecule has 0 saturated carbocycles. The van der Waals surface area contributed by atoms with Gasteiger partial charge in [-0.2, -0.15) is 0 Å². The standard InChI is InChI=1S/C33H46N6O7/c1-37-10-4-11-38(14-13-37)22-31(40)39-12-7-29-30(21-39)45-23-24-5-3-6-26(17-24)46-28-19-25(18-27(20-28)44-16-15-43-2)32(41)34-8-9-35-33(42)36-29/h3,5-6,17-20,29-30H,4,7-16,21-23H2,1-2H3,(H,34,41)(H2,35,36,42)/t29-,30-/m0/s1. The maximum absolute atomic E-state index is 13.4. The molecule has 5 rings (SSSR count). The molecule has 0 unspecified atom stereocenters. The number of urea groups is 1. The van der Waals surface area contributed by atoms with Crippen LogP contribution in [0.15, 0.2) is 42.5 Å². The number of piperidine rings is 1. The summed E-state index contributed by atoms with van der Waals surface area (Å²) in [6.45, 7) is 6.46. The summed E-state index contributed by atoms with van der Waals surface area (Å²) < 4.78 is 23.5. The van der Waals surface area contributed by atoms with Crippen molar-refractivity contribution in [3.63, 3.8) is 0 Å². The fourth-order valence-electron chi connectivity index (χ4n) is 5.83. The highest BCUT2D eigenvalue weighted by Gasteiger charge is 2.34. The molecule has 3 aliphatic heterocycles. The molecule has 250 valence electrons. The highest BCUT2D eigenvalue weighted by molar-refractivity contribution is 5.95. The third-order valence-corrected chi connectivity index (χ3v) is 8.39. The average Bonchev–Trinajstić information content (AvgIpc) is 3.25. The summed E-state index contributed by atoms with van der Waals surface area (Å²) in [7, 11) is 3.70. The zero-order valence-corrected chi connectivity index (χ0v) is 26.8. The molecule has 0 radical (unpaired) electrons. The number of benzene rings is 2. The number of nitrogens with one attached hydrogen (secondary N) is 3. The third kappa shape index (κ3) is 9.79. The zero-order valence-electron chi connectivity index (χ0n) is 26.8. The van der Waals surface area contributed by atoms with Gasteiger partial charge in [-0.1, -0.05) is 12.1 Å². The Balaban J connectivity index is 1.31. The van der Waals surface area contributed by atoms with Crippen molar-refractivity contribution in [1.29, 1.82) is 0 Å². The normalized spacial score (nSPS) is 22.1. The van der Waals surface area contributed by atoms with Crippen molar-refractivity contribution in [2.45, 2.75) is 31.6 Å². The van der Waals surface area contributed by atoms with E-state index in [0.29, 0.717) is 62.1 Å². The SMILES string of the molecule is COCCOc1cc2cc(c1)C(=O)NCCNC(=O)N[C@H]1CCN(C(=O)CN3CCCN(C)CC3)C[C@@H]1OCc1cccc(c1)O2. The van der Waals surface area contributed by atoms with Crippen LogP contribution in [-0.2, 0) is 20.9 Å². The van der Waals surface area contributed by atoms with Gasteiger partial charge in [0.1, 0.15) is 23.9 Å². The van der Waals surface area contributed by atoms with Gasteiger partial charge in [0.25, 0.3) is 5.91 Å². The lowest BCUT2D eigenvalue weighted by molar-refractivity contribution is -0.137. The Morgan fingerprint density at radius 2 is 1.85 bits per heavy atom. The van der Waals surface area contributed by atoms with Crippen LogP contribution < -0.4 is 25.4 Å². The van der Waals surface area contributed by atoms with Crippen LogP contribution in [-0.4, -0.2) is 131 Å². The van der Waals surface area contributed by atoms with Crippen molar-refractivity contribution in [1.82, 2.24) is 30.7 Å². The van der Waals surface area contributed by atoms with Gasteiger partial charge >= 0.3 is 6.03 Å². The van der Waals surface area contributed by atoms with E-state index in [9.17, 15) is 14.4 Å². The zero-order chi connectivity index (χ0) is 32.3.